The minimum Gasteiger partial charge on any atom is -0.484 e. The fourth-order valence-corrected chi connectivity index (χ4v) is 3.23. The summed E-state index contributed by atoms with van der Waals surface area (Å²) in [6, 6.07) is 11.0. The number of benzene rings is 2. The van der Waals surface area contributed by atoms with Crippen molar-refractivity contribution in [3.05, 3.63) is 63.1 Å². The molecule has 1 N–H and O–H groups in total. The third kappa shape index (κ3) is 7.08. The molecule has 2 rings (SSSR count). The zero-order chi connectivity index (χ0) is 22.3. The molecule has 30 heavy (non-hydrogen) atoms. The average molecular weight is 472 g/mol. The molecule has 2 aromatic rings. The van der Waals surface area contributed by atoms with Gasteiger partial charge in [0, 0.05) is 27.7 Å². The van der Waals surface area contributed by atoms with Crippen molar-refractivity contribution in [2.24, 2.45) is 0 Å². The molecular formula is C22H25Cl3N2O3. The number of halogens is 3. The summed E-state index contributed by atoms with van der Waals surface area (Å²) in [6.07, 6.45) is 0.787. The van der Waals surface area contributed by atoms with Gasteiger partial charge in [-0.3, -0.25) is 9.59 Å². The lowest BCUT2D eigenvalue weighted by Gasteiger charge is -2.30. The fraction of sp³-hybridized carbons (Fsp3) is 0.364. The molecule has 0 aliphatic rings. The smallest absolute Gasteiger partial charge is 0.261 e. The van der Waals surface area contributed by atoms with Crippen LogP contribution < -0.4 is 10.1 Å². The normalized spacial score (nSPS) is 12.7. The summed E-state index contributed by atoms with van der Waals surface area (Å²) >= 11 is 18.1. The lowest BCUT2D eigenvalue weighted by atomic mass is 10.1. The Balaban J connectivity index is 2.18. The van der Waals surface area contributed by atoms with Gasteiger partial charge in [-0.2, -0.15) is 0 Å². The monoisotopic (exact) mass is 470 g/mol. The van der Waals surface area contributed by atoms with Crippen molar-refractivity contribution in [3.63, 3.8) is 0 Å². The van der Waals surface area contributed by atoms with Crippen LogP contribution in [-0.4, -0.2) is 35.4 Å². The van der Waals surface area contributed by atoms with E-state index in [2.05, 4.69) is 5.32 Å². The summed E-state index contributed by atoms with van der Waals surface area (Å²) in [4.78, 5) is 27.1. The maximum absolute atomic E-state index is 13.0. The van der Waals surface area contributed by atoms with Gasteiger partial charge < -0.3 is 15.0 Å². The number of carbonyl (C=O) groups is 2. The molecule has 2 amide bonds. The third-order valence-electron chi connectivity index (χ3n) is 4.70. The molecular weight excluding hydrogens is 447 g/mol. The number of rotatable bonds is 9. The molecule has 0 radical (unpaired) electrons. The zero-order valence-corrected chi connectivity index (χ0v) is 19.4. The number of carbonyl (C=O) groups excluding carboxylic acids is 2. The van der Waals surface area contributed by atoms with E-state index in [9.17, 15) is 9.59 Å². The van der Waals surface area contributed by atoms with Crippen molar-refractivity contribution in [1.82, 2.24) is 10.2 Å². The summed E-state index contributed by atoms with van der Waals surface area (Å²) < 4.78 is 5.59. The van der Waals surface area contributed by atoms with E-state index in [1.54, 1.807) is 49.4 Å². The number of ether oxygens (including phenoxy) is 1. The Morgan fingerprint density at radius 3 is 2.27 bits per heavy atom. The second-order valence-corrected chi connectivity index (χ2v) is 8.27. The molecule has 0 aliphatic heterocycles. The van der Waals surface area contributed by atoms with Crippen molar-refractivity contribution in [2.45, 2.75) is 45.8 Å². The summed E-state index contributed by atoms with van der Waals surface area (Å²) in [6.45, 7) is 5.49. The minimum atomic E-state index is -0.716. The van der Waals surface area contributed by atoms with Crippen molar-refractivity contribution in [3.8, 4) is 5.75 Å². The topological polar surface area (TPSA) is 58.6 Å². The van der Waals surface area contributed by atoms with Gasteiger partial charge in [-0.1, -0.05) is 47.8 Å². The van der Waals surface area contributed by atoms with Crippen LogP contribution in [0.2, 0.25) is 15.1 Å². The SMILES string of the molecule is CC[C@H](C)NC(=O)[C@H](C)N(Cc1ccc(Cl)cc1Cl)C(=O)COc1ccc(Cl)cc1. The molecule has 162 valence electrons. The van der Waals surface area contributed by atoms with Crippen LogP contribution >= 0.6 is 34.8 Å². The van der Waals surface area contributed by atoms with Crippen molar-refractivity contribution < 1.29 is 14.3 Å². The molecule has 0 unspecified atom stereocenters. The summed E-state index contributed by atoms with van der Waals surface area (Å²) in [5.74, 6) is -0.0778. The Hall–Kier alpha value is -1.95. The molecule has 0 saturated heterocycles. The van der Waals surface area contributed by atoms with Crippen molar-refractivity contribution >= 4 is 46.6 Å². The van der Waals surface area contributed by atoms with E-state index in [-0.39, 0.29) is 31.0 Å². The first-order chi connectivity index (χ1) is 14.2. The van der Waals surface area contributed by atoms with Crippen LogP contribution in [0.15, 0.2) is 42.5 Å². The zero-order valence-electron chi connectivity index (χ0n) is 17.1. The maximum atomic E-state index is 13.0. The highest BCUT2D eigenvalue weighted by Gasteiger charge is 2.27. The lowest BCUT2D eigenvalue weighted by molar-refractivity contribution is -0.142. The van der Waals surface area contributed by atoms with Crippen LogP contribution in [0, 0.1) is 0 Å². The van der Waals surface area contributed by atoms with Crippen LogP contribution in [-0.2, 0) is 16.1 Å². The van der Waals surface area contributed by atoms with Crippen LogP contribution in [0.1, 0.15) is 32.8 Å². The Bertz CT molecular complexity index is 874. The first-order valence-electron chi connectivity index (χ1n) is 9.63. The second-order valence-electron chi connectivity index (χ2n) is 6.99. The average Bonchev–Trinajstić information content (AvgIpc) is 2.72. The highest BCUT2D eigenvalue weighted by atomic mass is 35.5. The number of amides is 2. The fourth-order valence-electron chi connectivity index (χ4n) is 2.64. The predicted octanol–water partition coefficient (Wildman–Crippen LogP) is 5.36. The van der Waals surface area contributed by atoms with E-state index in [0.717, 1.165) is 6.42 Å². The van der Waals surface area contributed by atoms with Gasteiger partial charge in [-0.05, 0) is 62.2 Å². The number of hydrogen-bond acceptors (Lipinski definition) is 3. The van der Waals surface area contributed by atoms with Gasteiger partial charge in [0.1, 0.15) is 11.8 Å². The largest absolute Gasteiger partial charge is 0.484 e. The molecule has 8 heteroatoms. The van der Waals surface area contributed by atoms with E-state index in [1.807, 2.05) is 13.8 Å². The molecule has 0 bridgehead atoms. The van der Waals surface area contributed by atoms with E-state index >= 15 is 0 Å². The quantitative estimate of drug-likeness (QED) is 0.536. The summed E-state index contributed by atoms with van der Waals surface area (Å²) in [5.41, 5.74) is 0.684. The van der Waals surface area contributed by atoms with E-state index in [1.165, 1.54) is 4.90 Å². The first kappa shape index (κ1) is 24.3. The van der Waals surface area contributed by atoms with Gasteiger partial charge in [-0.25, -0.2) is 0 Å². The molecule has 2 aromatic carbocycles. The standard InChI is InChI=1S/C22H25Cl3N2O3/c1-4-14(2)26-22(29)15(3)27(12-16-5-6-18(24)11-20(16)25)21(28)13-30-19-9-7-17(23)8-10-19/h5-11,14-15H,4,12-13H2,1-3H3,(H,26,29)/t14-,15-/m0/s1. The Morgan fingerprint density at radius 2 is 1.67 bits per heavy atom. The van der Waals surface area contributed by atoms with Crippen LogP contribution in [0.5, 0.6) is 5.75 Å². The number of nitrogens with one attached hydrogen (secondary N) is 1. The van der Waals surface area contributed by atoms with Crippen molar-refractivity contribution in [2.75, 3.05) is 6.61 Å². The molecule has 5 nitrogen and oxygen atoms in total. The number of hydrogen-bond donors (Lipinski definition) is 1. The van der Waals surface area contributed by atoms with Gasteiger partial charge >= 0.3 is 0 Å². The summed E-state index contributed by atoms with van der Waals surface area (Å²) in [7, 11) is 0. The van der Waals surface area contributed by atoms with Gasteiger partial charge in [0.15, 0.2) is 6.61 Å². The van der Waals surface area contributed by atoms with E-state index in [0.29, 0.717) is 26.4 Å². The Labute approximate surface area is 192 Å². The Kier molecular flexibility index (Phi) is 9.28. The highest BCUT2D eigenvalue weighted by Crippen LogP contribution is 2.23. The van der Waals surface area contributed by atoms with Gasteiger partial charge in [-0.15, -0.1) is 0 Å². The van der Waals surface area contributed by atoms with E-state index in [4.69, 9.17) is 39.5 Å². The highest BCUT2D eigenvalue weighted by molar-refractivity contribution is 6.35. The lowest BCUT2D eigenvalue weighted by Crippen LogP contribution is -2.50. The van der Waals surface area contributed by atoms with Gasteiger partial charge in [0.2, 0.25) is 5.91 Å². The minimum absolute atomic E-state index is 0.00124. The van der Waals surface area contributed by atoms with Gasteiger partial charge in [0.05, 0.1) is 0 Å². The molecule has 0 saturated carbocycles. The molecule has 0 spiro atoms. The first-order valence-corrected chi connectivity index (χ1v) is 10.8. The molecule has 0 fully saturated rings. The molecule has 2 atom stereocenters. The molecule has 0 aliphatic carbocycles. The third-order valence-corrected chi connectivity index (χ3v) is 5.54. The number of nitrogens with zero attached hydrogens (tertiary/aromatic N) is 1. The van der Waals surface area contributed by atoms with Crippen molar-refractivity contribution in [1.29, 1.82) is 0 Å². The molecule has 0 heterocycles. The second kappa shape index (κ2) is 11.4. The molecule has 0 aromatic heterocycles. The Morgan fingerprint density at radius 1 is 1.03 bits per heavy atom. The van der Waals surface area contributed by atoms with Crippen LogP contribution in [0.4, 0.5) is 0 Å². The van der Waals surface area contributed by atoms with E-state index < -0.39 is 6.04 Å². The van der Waals surface area contributed by atoms with Gasteiger partial charge in [0.25, 0.3) is 5.91 Å². The van der Waals surface area contributed by atoms with Crippen LogP contribution in [0.3, 0.4) is 0 Å². The predicted molar refractivity (Wildman–Crippen MR) is 121 cm³/mol. The maximum Gasteiger partial charge on any atom is 0.261 e. The van der Waals surface area contributed by atoms with Crippen LogP contribution in [0.25, 0.3) is 0 Å². The summed E-state index contributed by atoms with van der Waals surface area (Å²) in [5, 5.41) is 4.40.